The number of hydrogen-bond acceptors (Lipinski definition) is 5. The smallest absolute Gasteiger partial charge is 0.246 e. The van der Waals surface area contributed by atoms with Gasteiger partial charge in [0, 0.05) is 67.7 Å². The van der Waals surface area contributed by atoms with E-state index in [4.69, 9.17) is 9.15 Å². The zero-order chi connectivity index (χ0) is 22.8. The van der Waals surface area contributed by atoms with Gasteiger partial charge in [0.2, 0.25) is 5.91 Å². The Morgan fingerprint density at radius 3 is 2.59 bits per heavy atom. The molecular weight excluding hydrogens is 402 g/mol. The molecule has 0 spiro atoms. The van der Waals surface area contributed by atoms with E-state index in [1.54, 1.807) is 19.4 Å². The first-order valence-corrected chi connectivity index (χ1v) is 11.0. The number of carbonyl (C=O) groups is 1. The van der Waals surface area contributed by atoms with Crippen molar-refractivity contribution in [1.29, 1.82) is 0 Å². The lowest BCUT2D eigenvalue weighted by atomic mass is 9.98. The highest BCUT2D eigenvalue weighted by Gasteiger charge is 2.22. The number of hydrogen-bond donors (Lipinski definition) is 0. The summed E-state index contributed by atoms with van der Waals surface area (Å²) in [5.74, 6) is 1.71. The summed E-state index contributed by atoms with van der Waals surface area (Å²) in [4.78, 5) is 21.5. The molecule has 6 nitrogen and oxygen atoms in total. The highest BCUT2D eigenvalue weighted by molar-refractivity contribution is 5.98. The van der Waals surface area contributed by atoms with Gasteiger partial charge in [-0.1, -0.05) is 6.07 Å². The van der Waals surface area contributed by atoms with Crippen molar-refractivity contribution in [3.05, 3.63) is 64.7 Å². The van der Waals surface area contributed by atoms with Crippen LogP contribution in [0, 0.1) is 20.8 Å². The van der Waals surface area contributed by atoms with Crippen LogP contribution in [0.3, 0.4) is 0 Å². The molecule has 1 aliphatic heterocycles. The lowest BCUT2D eigenvalue weighted by Crippen LogP contribution is -2.47. The lowest BCUT2D eigenvalue weighted by molar-refractivity contribution is -0.127. The molecule has 0 atom stereocenters. The zero-order valence-corrected chi connectivity index (χ0v) is 19.6. The summed E-state index contributed by atoms with van der Waals surface area (Å²) in [6.45, 7) is 12.0. The lowest BCUT2D eigenvalue weighted by Gasteiger charge is -2.34. The van der Waals surface area contributed by atoms with Crippen LogP contribution >= 0.6 is 0 Å². The number of fused-ring (bicyclic) bond motifs is 1. The van der Waals surface area contributed by atoms with Crippen molar-refractivity contribution in [2.45, 2.75) is 34.2 Å². The number of pyridine rings is 1. The highest BCUT2D eigenvalue weighted by atomic mass is 16.5. The van der Waals surface area contributed by atoms with Crippen molar-refractivity contribution in [1.82, 2.24) is 14.8 Å². The van der Waals surface area contributed by atoms with Crippen molar-refractivity contribution >= 4 is 22.4 Å². The molecule has 0 radical (unpaired) electrons. The Bertz CT molecular complexity index is 1160. The summed E-state index contributed by atoms with van der Waals surface area (Å²) in [6, 6.07) is 6.13. The number of ether oxygens (including phenoxy) is 1. The van der Waals surface area contributed by atoms with Crippen LogP contribution in [0.4, 0.5) is 0 Å². The second-order valence-corrected chi connectivity index (χ2v) is 8.53. The first kappa shape index (κ1) is 22.1. The van der Waals surface area contributed by atoms with Crippen molar-refractivity contribution in [2.75, 3.05) is 33.3 Å². The van der Waals surface area contributed by atoms with E-state index in [0.717, 1.165) is 77.5 Å². The number of aryl methyl sites for hydroxylation is 3. The number of aromatic nitrogens is 1. The first-order valence-electron chi connectivity index (χ1n) is 11.0. The van der Waals surface area contributed by atoms with Gasteiger partial charge in [0.25, 0.3) is 0 Å². The van der Waals surface area contributed by atoms with Crippen molar-refractivity contribution in [2.24, 2.45) is 0 Å². The summed E-state index contributed by atoms with van der Waals surface area (Å²) >= 11 is 0. The van der Waals surface area contributed by atoms with Crippen LogP contribution in [0.5, 0.6) is 5.75 Å². The molecule has 0 unspecified atom stereocenters. The number of methoxy groups -OCH3 is 1. The fourth-order valence-electron chi connectivity index (χ4n) is 4.40. The van der Waals surface area contributed by atoms with Crippen LogP contribution in [0.15, 0.2) is 41.1 Å². The van der Waals surface area contributed by atoms with Crippen LogP contribution in [0.25, 0.3) is 16.5 Å². The number of furan rings is 1. The standard InChI is InChI=1S/C26H31N3O3/c1-17(22-14-23-18(2)20(4)32-26(23)19(3)25(22)31-5)13-24(30)29-11-9-28(10-12-29)16-21-7-6-8-27-15-21/h6-8,13-15H,9-12,16H2,1-5H3/b17-13+. The molecule has 3 aromatic rings. The van der Waals surface area contributed by atoms with Gasteiger partial charge in [0.1, 0.15) is 17.1 Å². The van der Waals surface area contributed by atoms with Gasteiger partial charge in [-0.25, -0.2) is 0 Å². The maximum Gasteiger partial charge on any atom is 0.246 e. The Balaban J connectivity index is 1.50. The third-order valence-corrected chi connectivity index (χ3v) is 6.43. The van der Waals surface area contributed by atoms with Gasteiger partial charge >= 0.3 is 0 Å². The molecule has 1 aliphatic rings. The Morgan fingerprint density at radius 1 is 1.19 bits per heavy atom. The van der Waals surface area contributed by atoms with Crippen LogP contribution in [-0.4, -0.2) is 54.0 Å². The number of amides is 1. The quantitative estimate of drug-likeness (QED) is 0.554. The summed E-state index contributed by atoms with van der Waals surface area (Å²) < 4.78 is 11.7. The number of carbonyl (C=O) groups excluding carboxylic acids is 1. The molecule has 2 aromatic heterocycles. The second kappa shape index (κ2) is 9.17. The van der Waals surface area contributed by atoms with Gasteiger partial charge in [0.05, 0.1) is 7.11 Å². The molecule has 6 heteroatoms. The maximum absolute atomic E-state index is 13.0. The summed E-state index contributed by atoms with van der Waals surface area (Å²) in [5.41, 5.74) is 5.96. The number of nitrogens with zero attached hydrogens (tertiary/aromatic N) is 3. The highest BCUT2D eigenvalue weighted by Crippen LogP contribution is 2.38. The fraction of sp³-hybridized carbons (Fsp3) is 0.385. The number of piperazine rings is 1. The van der Waals surface area contributed by atoms with Gasteiger partial charge in [-0.3, -0.25) is 14.7 Å². The van der Waals surface area contributed by atoms with Gasteiger partial charge < -0.3 is 14.1 Å². The second-order valence-electron chi connectivity index (χ2n) is 8.53. The predicted octanol–water partition coefficient (Wildman–Crippen LogP) is 4.51. The Morgan fingerprint density at radius 2 is 1.94 bits per heavy atom. The normalized spacial score (nSPS) is 15.4. The minimum atomic E-state index is 0.0448. The van der Waals surface area contributed by atoms with E-state index in [1.807, 2.05) is 37.9 Å². The average Bonchev–Trinajstić information content (AvgIpc) is 3.09. The van der Waals surface area contributed by atoms with E-state index in [0.29, 0.717) is 0 Å². The minimum Gasteiger partial charge on any atom is -0.496 e. The fourth-order valence-corrected chi connectivity index (χ4v) is 4.40. The molecule has 0 bridgehead atoms. The predicted molar refractivity (Wildman–Crippen MR) is 127 cm³/mol. The summed E-state index contributed by atoms with van der Waals surface area (Å²) in [6.07, 6.45) is 5.43. The molecule has 1 aromatic carbocycles. The van der Waals surface area contributed by atoms with Crippen molar-refractivity contribution in [3.8, 4) is 5.75 Å². The van der Waals surface area contributed by atoms with Crippen molar-refractivity contribution in [3.63, 3.8) is 0 Å². The molecule has 1 fully saturated rings. The third kappa shape index (κ3) is 4.28. The molecule has 3 heterocycles. The van der Waals surface area contributed by atoms with Crippen LogP contribution in [0.2, 0.25) is 0 Å². The molecule has 32 heavy (non-hydrogen) atoms. The van der Waals surface area contributed by atoms with E-state index in [2.05, 4.69) is 28.9 Å². The van der Waals surface area contributed by atoms with E-state index in [1.165, 1.54) is 5.56 Å². The Hall–Kier alpha value is -3.12. The van der Waals surface area contributed by atoms with Gasteiger partial charge in [-0.15, -0.1) is 0 Å². The maximum atomic E-state index is 13.0. The summed E-state index contributed by atoms with van der Waals surface area (Å²) in [5, 5.41) is 1.07. The molecular formula is C26H31N3O3. The van der Waals surface area contributed by atoms with Crippen LogP contribution in [0.1, 0.15) is 34.9 Å². The number of benzene rings is 1. The Labute approximate surface area is 189 Å². The van der Waals surface area contributed by atoms with Crippen molar-refractivity contribution < 1.29 is 13.9 Å². The molecule has 1 amide bonds. The number of rotatable bonds is 5. The minimum absolute atomic E-state index is 0.0448. The molecule has 168 valence electrons. The third-order valence-electron chi connectivity index (χ3n) is 6.43. The largest absolute Gasteiger partial charge is 0.496 e. The molecule has 1 saturated heterocycles. The number of allylic oxidation sites excluding steroid dienone is 1. The van der Waals surface area contributed by atoms with Gasteiger partial charge in [-0.05, 0) is 56.5 Å². The molecule has 0 N–H and O–H groups in total. The molecule has 0 aliphatic carbocycles. The molecule has 4 rings (SSSR count). The Kier molecular flexibility index (Phi) is 6.33. The SMILES string of the molecule is COc1c(/C(C)=C/C(=O)N2CCN(Cc3cccnc3)CC2)cc2c(C)c(C)oc2c1C. The van der Waals surface area contributed by atoms with E-state index < -0.39 is 0 Å². The van der Waals surface area contributed by atoms with E-state index in [-0.39, 0.29) is 5.91 Å². The van der Waals surface area contributed by atoms with Crippen LogP contribution in [-0.2, 0) is 11.3 Å². The average molecular weight is 434 g/mol. The summed E-state index contributed by atoms with van der Waals surface area (Å²) in [7, 11) is 1.66. The first-order chi connectivity index (χ1) is 15.4. The topological polar surface area (TPSA) is 58.8 Å². The van der Waals surface area contributed by atoms with Gasteiger partial charge in [0.15, 0.2) is 0 Å². The van der Waals surface area contributed by atoms with E-state index >= 15 is 0 Å². The van der Waals surface area contributed by atoms with Gasteiger partial charge in [-0.2, -0.15) is 0 Å². The monoisotopic (exact) mass is 433 g/mol. The van der Waals surface area contributed by atoms with E-state index in [9.17, 15) is 4.79 Å². The molecule has 0 saturated carbocycles. The van der Waals surface area contributed by atoms with Crippen LogP contribution < -0.4 is 4.74 Å². The zero-order valence-electron chi connectivity index (χ0n) is 19.6.